The van der Waals surface area contributed by atoms with Crippen LogP contribution in [-0.2, 0) is 4.79 Å². The fraction of sp³-hybridized carbons (Fsp3) is 0.917. The van der Waals surface area contributed by atoms with E-state index in [1.54, 1.807) is 0 Å². The van der Waals surface area contributed by atoms with E-state index in [2.05, 4.69) is 19.2 Å². The first kappa shape index (κ1) is 12.5. The molecule has 0 aromatic heterocycles. The van der Waals surface area contributed by atoms with Crippen molar-refractivity contribution in [2.45, 2.75) is 52.0 Å². The molecule has 0 spiro atoms. The maximum atomic E-state index is 11.8. The van der Waals surface area contributed by atoms with Gasteiger partial charge in [0.25, 0.3) is 0 Å². The van der Waals surface area contributed by atoms with Crippen LogP contribution in [0.5, 0.6) is 0 Å². The number of carbonyl (C=O) groups is 1. The number of hydrogen-bond acceptors (Lipinski definition) is 2. The second-order valence-electron chi connectivity index (χ2n) is 5.35. The minimum absolute atomic E-state index is 0.0220. The number of nitrogens with one attached hydrogen (secondary N) is 1. The molecular formula is C12H24N2O. The molecule has 1 unspecified atom stereocenters. The van der Waals surface area contributed by atoms with Gasteiger partial charge in [-0.25, -0.2) is 0 Å². The third-order valence-electron chi connectivity index (χ3n) is 3.16. The maximum absolute atomic E-state index is 11.8. The third kappa shape index (κ3) is 3.82. The summed E-state index contributed by atoms with van der Waals surface area (Å²) in [6.07, 6.45) is 4.41. The Morgan fingerprint density at radius 2 is 2.13 bits per heavy atom. The normalized spacial score (nSPS) is 20.1. The van der Waals surface area contributed by atoms with Crippen LogP contribution >= 0.6 is 0 Å². The lowest BCUT2D eigenvalue weighted by atomic mass is 9.96. The van der Waals surface area contributed by atoms with Gasteiger partial charge in [-0.05, 0) is 44.4 Å². The molecule has 1 aliphatic carbocycles. The van der Waals surface area contributed by atoms with Crippen molar-refractivity contribution in [1.29, 1.82) is 0 Å². The minimum atomic E-state index is -0.641. The van der Waals surface area contributed by atoms with Crippen molar-refractivity contribution in [1.82, 2.24) is 5.32 Å². The average molecular weight is 212 g/mol. The van der Waals surface area contributed by atoms with E-state index in [0.717, 1.165) is 32.2 Å². The van der Waals surface area contributed by atoms with Crippen molar-refractivity contribution in [2.24, 2.45) is 17.6 Å². The standard InChI is InChI=1S/C12H24N2O/c1-9(2)5-4-8-14-11(15)12(3,13)10-6-7-10/h9-10H,4-8,13H2,1-3H3,(H,14,15). The number of amides is 1. The van der Waals surface area contributed by atoms with Crippen LogP contribution in [0.4, 0.5) is 0 Å². The first-order valence-electron chi connectivity index (χ1n) is 6.01. The highest BCUT2D eigenvalue weighted by Crippen LogP contribution is 2.38. The summed E-state index contributed by atoms with van der Waals surface area (Å²) in [6, 6.07) is 0. The molecule has 88 valence electrons. The Balaban J connectivity index is 2.18. The molecule has 1 saturated carbocycles. The fourth-order valence-electron chi connectivity index (χ4n) is 1.77. The molecule has 0 heterocycles. The van der Waals surface area contributed by atoms with Crippen LogP contribution in [0.15, 0.2) is 0 Å². The van der Waals surface area contributed by atoms with Gasteiger partial charge in [0.2, 0.25) is 5.91 Å². The second kappa shape index (κ2) is 4.97. The summed E-state index contributed by atoms with van der Waals surface area (Å²) in [5, 5.41) is 2.94. The predicted molar refractivity (Wildman–Crippen MR) is 62.4 cm³/mol. The molecule has 3 N–H and O–H groups in total. The van der Waals surface area contributed by atoms with Gasteiger partial charge in [0, 0.05) is 6.54 Å². The molecule has 0 aromatic carbocycles. The largest absolute Gasteiger partial charge is 0.355 e. The molecule has 0 aromatic rings. The number of rotatable bonds is 6. The molecule has 15 heavy (non-hydrogen) atoms. The molecule has 0 radical (unpaired) electrons. The predicted octanol–water partition coefficient (Wildman–Crippen LogP) is 1.67. The smallest absolute Gasteiger partial charge is 0.240 e. The van der Waals surface area contributed by atoms with Crippen LogP contribution in [0, 0.1) is 11.8 Å². The molecule has 0 saturated heterocycles. The van der Waals surface area contributed by atoms with Crippen LogP contribution < -0.4 is 11.1 Å². The van der Waals surface area contributed by atoms with E-state index in [1.165, 1.54) is 0 Å². The van der Waals surface area contributed by atoms with Crippen LogP contribution in [0.2, 0.25) is 0 Å². The topological polar surface area (TPSA) is 55.1 Å². The zero-order valence-corrected chi connectivity index (χ0v) is 10.2. The van der Waals surface area contributed by atoms with E-state index in [9.17, 15) is 4.79 Å². The average Bonchev–Trinajstić information content (AvgIpc) is 2.94. The summed E-state index contributed by atoms with van der Waals surface area (Å²) in [6.45, 7) is 7.00. The van der Waals surface area contributed by atoms with E-state index in [-0.39, 0.29) is 5.91 Å². The van der Waals surface area contributed by atoms with Crippen molar-refractivity contribution in [3.8, 4) is 0 Å². The highest BCUT2D eigenvalue weighted by atomic mass is 16.2. The van der Waals surface area contributed by atoms with Gasteiger partial charge in [-0.15, -0.1) is 0 Å². The molecule has 3 heteroatoms. The maximum Gasteiger partial charge on any atom is 0.240 e. The molecule has 1 aliphatic rings. The van der Waals surface area contributed by atoms with Crippen LogP contribution in [0.25, 0.3) is 0 Å². The van der Waals surface area contributed by atoms with E-state index in [0.29, 0.717) is 11.8 Å². The summed E-state index contributed by atoms with van der Waals surface area (Å²) in [5.74, 6) is 1.13. The molecule has 1 atom stereocenters. The molecule has 1 rings (SSSR count). The van der Waals surface area contributed by atoms with Gasteiger partial charge >= 0.3 is 0 Å². The highest BCUT2D eigenvalue weighted by Gasteiger charge is 2.43. The summed E-state index contributed by atoms with van der Waals surface area (Å²) >= 11 is 0. The monoisotopic (exact) mass is 212 g/mol. The summed E-state index contributed by atoms with van der Waals surface area (Å²) < 4.78 is 0. The Labute approximate surface area is 92.8 Å². The van der Waals surface area contributed by atoms with Gasteiger partial charge in [-0.1, -0.05) is 13.8 Å². The van der Waals surface area contributed by atoms with Crippen molar-refractivity contribution >= 4 is 5.91 Å². The molecular weight excluding hydrogens is 188 g/mol. The first-order valence-corrected chi connectivity index (χ1v) is 6.01. The van der Waals surface area contributed by atoms with Crippen LogP contribution in [-0.4, -0.2) is 18.0 Å². The van der Waals surface area contributed by atoms with E-state index >= 15 is 0 Å². The second-order valence-corrected chi connectivity index (χ2v) is 5.35. The van der Waals surface area contributed by atoms with E-state index < -0.39 is 5.54 Å². The summed E-state index contributed by atoms with van der Waals surface area (Å²) in [4.78, 5) is 11.8. The van der Waals surface area contributed by atoms with Crippen molar-refractivity contribution in [3.63, 3.8) is 0 Å². The first-order chi connectivity index (χ1) is 6.94. The quantitative estimate of drug-likeness (QED) is 0.658. The molecule has 3 nitrogen and oxygen atoms in total. The Morgan fingerprint density at radius 3 is 2.60 bits per heavy atom. The van der Waals surface area contributed by atoms with Crippen molar-refractivity contribution in [3.05, 3.63) is 0 Å². The molecule has 0 aliphatic heterocycles. The van der Waals surface area contributed by atoms with Crippen LogP contribution in [0.3, 0.4) is 0 Å². The third-order valence-corrected chi connectivity index (χ3v) is 3.16. The Kier molecular flexibility index (Phi) is 4.14. The lowest BCUT2D eigenvalue weighted by Gasteiger charge is -2.23. The Morgan fingerprint density at radius 1 is 1.53 bits per heavy atom. The van der Waals surface area contributed by atoms with Crippen LogP contribution in [0.1, 0.15) is 46.5 Å². The zero-order chi connectivity index (χ0) is 11.5. The van der Waals surface area contributed by atoms with Gasteiger partial charge < -0.3 is 11.1 Å². The lowest BCUT2D eigenvalue weighted by Crippen LogP contribution is -2.53. The van der Waals surface area contributed by atoms with Gasteiger partial charge in [0.05, 0.1) is 5.54 Å². The molecule has 0 bridgehead atoms. The van der Waals surface area contributed by atoms with E-state index in [1.807, 2.05) is 6.92 Å². The highest BCUT2D eigenvalue weighted by molar-refractivity contribution is 5.86. The van der Waals surface area contributed by atoms with E-state index in [4.69, 9.17) is 5.73 Å². The SMILES string of the molecule is CC(C)CCCNC(=O)C(C)(N)C1CC1. The number of hydrogen-bond donors (Lipinski definition) is 2. The van der Waals surface area contributed by atoms with Crippen molar-refractivity contribution < 1.29 is 4.79 Å². The van der Waals surface area contributed by atoms with Gasteiger partial charge in [0.15, 0.2) is 0 Å². The lowest BCUT2D eigenvalue weighted by molar-refractivity contribution is -0.126. The summed E-state index contributed by atoms with van der Waals surface area (Å²) in [7, 11) is 0. The van der Waals surface area contributed by atoms with Gasteiger partial charge in [-0.2, -0.15) is 0 Å². The van der Waals surface area contributed by atoms with Gasteiger partial charge in [-0.3, -0.25) is 4.79 Å². The van der Waals surface area contributed by atoms with Gasteiger partial charge in [0.1, 0.15) is 0 Å². The Hall–Kier alpha value is -0.570. The fourth-order valence-corrected chi connectivity index (χ4v) is 1.77. The number of carbonyl (C=O) groups excluding carboxylic acids is 1. The summed E-state index contributed by atoms with van der Waals surface area (Å²) in [5.41, 5.74) is 5.35. The molecule has 1 fully saturated rings. The Bertz CT molecular complexity index is 220. The van der Waals surface area contributed by atoms with Crippen molar-refractivity contribution in [2.75, 3.05) is 6.54 Å². The molecule has 1 amide bonds. The number of nitrogens with two attached hydrogens (primary N) is 1. The zero-order valence-electron chi connectivity index (χ0n) is 10.2. The minimum Gasteiger partial charge on any atom is -0.355 e.